The molecule has 1 aromatic carbocycles. The predicted octanol–water partition coefficient (Wildman–Crippen LogP) is 1.85. The first kappa shape index (κ1) is 15.1. The van der Waals surface area contributed by atoms with E-state index < -0.39 is 11.5 Å². The molecule has 0 atom stereocenters. The Morgan fingerprint density at radius 2 is 2.19 bits per heavy atom. The fraction of sp³-hybridized carbons (Fsp3) is 0.333. The van der Waals surface area contributed by atoms with E-state index >= 15 is 0 Å². The van der Waals surface area contributed by atoms with E-state index in [0.717, 1.165) is 5.56 Å². The molecule has 0 aliphatic heterocycles. The summed E-state index contributed by atoms with van der Waals surface area (Å²) >= 11 is 0. The van der Waals surface area contributed by atoms with Crippen LogP contribution < -0.4 is 10.1 Å². The van der Waals surface area contributed by atoms with Gasteiger partial charge in [-0.25, -0.2) is 0 Å². The lowest BCUT2D eigenvalue weighted by Crippen LogP contribution is -2.38. The highest BCUT2D eigenvalue weighted by molar-refractivity contribution is 5.93. The third kappa shape index (κ3) is 4.06. The lowest BCUT2D eigenvalue weighted by Gasteiger charge is -2.16. The van der Waals surface area contributed by atoms with Gasteiger partial charge in [0.2, 0.25) is 0 Å². The molecule has 1 amide bonds. The van der Waals surface area contributed by atoms with Crippen LogP contribution >= 0.6 is 0 Å². The number of aliphatic hydroxyl groups is 1. The first-order chi connectivity index (χ1) is 9.89. The molecule has 2 N–H and O–H groups in total. The zero-order valence-corrected chi connectivity index (χ0v) is 12.2. The highest BCUT2D eigenvalue weighted by atomic mass is 16.5. The van der Waals surface area contributed by atoms with Gasteiger partial charge >= 0.3 is 0 Å². The van der Waals surface area contributed by atoms with Crippen LogP contribution in [-0.2, 0) is 0 Å². The maximum atomic E-state index is 11.9. The van der Waals surface area contributed by atoms with Crippen LogP contribution in [0.15, 0.2) is 34.9 Å². The topological polar surface area (TPSA) is 84.6 Å². The van der Waals surface area contributed by atoms with Crippen molar-refractivity contribution >= 4 is 5.91 Å². The quantitative estimate of drug-likeness (QED) is 0.878. The maximum Gasteiger partial charge on any atom is 0.273 e. The highest BCUT2D eigenvalue weighted by Gasteiger charge is 2.18. The Hall–Kier alpha value is -2.34. The van der Waals surface area contributed by atoms with E-state index in [4.69, 9.17) is 9.26 Å². The summed E-state index contributed by atoms with van der Waals surface area (Å²) < 4.78 is 10.3. The molecule has 0 aliphatic carbocycles. The molecule has 0 unspecified atom stereocenters. The first-order valence-electron chi connectivity index (χ1n) is 6.51. The molecular formula is C15H18N2O4. The minimum Gasteiger partial charge on any atom is -0.497 e. The zero-order valence-electron chi connectivity index (χ0n) is 12.2. The molecule has 2 rings (SSSR count). The Kier molecular flexibility index (Phi) is 4.28. The standard InChI is InChI=1S/C15H18N2O4/c1-15(2,19)9-16-14(18)12-8-13(21-17-12)10-5-4-6-11(7-10)20-3/h4-8,19H,9H2,1-3H3,(H,16,18). The molecule has 21 heavy (non-hydrogen) atoms. The highest BCUT2D eigenvalue weighted by Crippen LogP contribution is 2.24. The van der Waals surface area contributed by atoms with Gasteiger partial charge in [0, 0.05) is 18.2 Å². The molecule has 1 heterocycles. The summed E-state index contributed by atoms with van der Waals surface area (Å²) in [6, 6.07) is 8.82. The molecule has 0 aliphatic rings. The van der Waals surface area contributed by atoms with Gasteiger partial charge in [-0.2, -0.15) is 0 Å². The third-order valence-electron chi connectivity index (χ3n) is 2.78. The Morgan fingerprint density at radius 1 is 1.43 bits per heavy atom. The summed E-state index contributed by atoms with van der Waals surface area (Å²) in [6.07, 6.45) is 0. The average molecular weight is 290 g/mol. The van der Waals surface area contributed by atoms with E-state index in [9.17, 15) is 9.90 Å². The molecule has 0 fully saturated rings. The Balaban J connectivity index is 2.12. The Morgan fingerprint density at radius 3 is 2.86 bits per heavy atom. The summed E-state index contributed by atoms with van der Waals surface area (Å²) in [5.74, 6) is 0.772. The number of benzene rings is 1. The Labute approximate surface area is 122 Å². The number of carbonyl (C=O) groups excluding carboxylic acids is 1. The second kappa shape index (κ2) is 5.97. The minimum absolute atomic E-state index is 0.132. The van der Waals surface area contributed by atoms with Crippen LogP contribution in [0.25, 0.3) is 11.3 Å². The summed E-state index contributed by atoms with van der Waals surface area (Å²) in [7, 11) is 1.58. The number of carbonyl (C=O) groups is 1. The molecule has 0 spiro atoms. The van der Waals surface area contributed by atoms with Crippen molar-refractivity contribution in [3.63, 3.8) is 0 Å². The molecule has 6 heteroatoms. The lowest BCUT2D eigenvalue weighted by molar-refractivity contribution is 0.0690. The van der Waals surface area contributed by atoms with Gasteiger partial charge in [-0.05, 0) is 26.0 Å². The molecule has 112 valence electrons. The largest absolute Gasteiger partial charge is 0.497 e. The van der Waals surface area contributed by atoms with Gasteiger partial charge in [-0.15, -0.1) is 0 Å². The fourth-order valence-corrected chi connectivity index (χ4v) is 1.68. The van der Waals surface area contributed by atoms with Crippen LogP contribution in [0.3, 0.4) is 0 Å². The van der Waals surface area contributed by atoms with E-state index in [2.05, 4.69) is 10.5 Å². The average Bonchev–Trinajstić information content (AvgIpc) is 2.94. The molecule has 0 saturated carbocycles. The number of nitrogens with zero attached hydrogens (tertiary/aromatic N) is 1. The van der Waals surface area contributed by atoms with Crippen molar-refractivity contribution in [3.05, 3.63) is 36.0 Å². The predicted molar refractivity (Wildman–Crippen MR) is 77.1 cm³/mol. The van der Waals surface area contributed by atoms with Crippen LogP contribution in [0.1, 0.15) is 24.3 Å². The van der Waals surface area contributed by atoms with E-state index in [1.165, 1.54) is 0 Å². The SMILES string of the molecule is COc1cccc(-c2cc(C(=O)NCC(C)(C)O)no2)c1. The van der Waals surface area contributed by atoms with Crippen molar-refractivity contribution in [1.29, 1.82) is 0 Å². The van der Waals surface area contributed by atoms with Crippen LogP contribution in [0.2, 0.25) is 0 Å². The van der Waals surface area contributed by atoms with Crippen LogP contribution in [0, 0.1) is 0 Å². The van der Waals surface area contributed by atoms with Gasteiger partial charge in [0.15, 0.2) is 11.5 Å². The van der Waals surface area contributed by atoms with Gasteiger partial charge in [-0.3, -0.25) is 4.79 Å². The van der Waals surface area contributed by atoms with Crippen LogP contribution in [-0.4, -0.2) is 35.4 Å². The lowest BCUT2D eigenvalue weighted by atomic mass is 10.1. The van der Waals surface area contributed by atoms with E-state index in [0.29, 0.717) is 11.5 Å². The molecule has 0 saturated heterocycles. The van der Waals surface area contributed by atoms with E-state index in [1.54, 1.807) is 33.1 Å². The fourth-order valence-electron chi connectivity index (χ4n) is 1.68. The van der Waals surface area contributed by atoms with Crippen molar-refractivity contribution in [2.45, 2.75) is 19.4 Å². The molecule has 2 aromatic rings. The molecule has 0 radical (unpaired) electrons. The number of hydrogen-bond acceptors (Lipinski definition) is 5. The summed E-state index contributed by atoms with van der Waals surface area (Å²) in [5.41, 5.74) is -0.0462. The van der Waals surface area contributed by atoms with Crippen molar-refractivity contribution in [2.24, 2.45) is 0 Å². The maximum absolute atomic E-state index is 11.9. The smallest absolute Gasteiger partial charge is 0.273 e. The second-order valence-corrected chi connectivity index (χ2v) is 5.30. The van der Waals surface area contributed by atoms with Crippen molar-refractivity contribution < 1.29 is 19.2 Å². The Bertz CT molecular complexity index is 629. The number of methoxy groups -OCH3 is 1. The van der Waals surface area contributed by atoms with Crippen molar-refractivity contribution in [2.75, 3.05) is 13.7 Å². The number of rotatable bonds is 5. The van der Waals surface area contributed by atoms with Crippen molar-refractivity contribution in [3.8, 4) is 17.1 Å². The van der Waals surface area contributed by atoms with Gasteiger partial charge in [0.25, 0.3) is 5.91 Å². The molecule has 6 nitrogen and oxygen atoms in total. The number of hydrogen-bond donors (Lipinski definition) is 2. The summed E-state index contributed by atoms with van der Waals surface area (Å²) in [6.45, 7) is 3.35. The number of amides is 1. The first-order valence-corrected chi connectivity index (χ1v) is 6.51. The normalized spacial score (nSPS) is 11.2. The van der Waals surface area contributed by atoms with Crippen LogP contribution in [0.4, 0.5) is 0 Å². The monoisotopic (exact) mass is 290 g/mol. The van der Waals surface area contributed by atoms with Gasteiger partial charge < -0.3 is 19.7 Å². The van der Waals surface area contributed by atoms with Gasteiger partial charge in [-0.1, -0.05) is 17.3 Å². The second-order valence-electron chi connectivity index (χ2n) is 5.30. The molecule has 1 aromatic heterocycles. The van der Waals surface area contributed by atoms with Gasteiger partial charge in [0.05, 0.1) is 12.7 Å². The minimum atomic E-state index is -0.977. The summed E-state index contributed by atoms with van der Waals surface area (Å²) in [4.78, 5) is 11.9. The summed E-state index contributed by atoms with van der Waals surface area (Å²) in [5, 5.41) is 15.9. The number of ether oxygens (including phenoxy) is 1. The van der Waals surface area contributed by atoms with Crippen molar-refractivity contribution in [1.82, 2.24) is 10.5 Å². The third-order valence-corrected chi connectivity index (χ3v) is 2.78. The number of aromatic nitrogens is 1. The zero-order chi connectivity index (χ0) is 15.5. The van der Waals surface area contributed by atoms with E-state index in [1.807, 2.05) is 18.2 Å². The number of nitrogens with one attached hydrogen (secondary N) is 1. The molecular weight excluding hydrogens is 272 g/mol. The van der Waals surface area contributed by atoms with Crippen LogP contribution in [0.5, 0.6) is 5.75 Å². The molecule has 0 bridgehead atoms. The van der Waals surface area contributed by atoms with Gasteiger partial charge in [0.1, 0.15) is 5.75 Å². The van der Waals surface area contributed by atoms with E-state index in [-0.39, 0.29) is 12.2 Å².